The Balaban J connectivity index is 1.72. The van der Waals surface area contributed by atoms with Crippen molar-refractivity contribution in [3.8, 4) is 0 Å². The number of aliphatic hydroxyl groups is 1. The number of rotatable bonds is 8. The van der Waals surface area contributed by atoms with E-state index in [9.17, 15) is 4.79 Å². The zero-order valence-electron chi connectivity index (χ0n) is 16.4. The van der Waals surface area contributed by atoms with Gasteiger partial charge in [-0.15, -0.1) is 0 Å². The Labute approximate surface area is 154 Å². The molecule has 0 bridgehead atoms. The number of carbonyl (C=O) groups is 1. The van der Waals surface area contributed by atoms with Gasteiger partial charge < -0.3 is 9.84 Å². The fourth-order valence-corrected chi connectivity index (χ4v) is 4.82. The first kappa shape index (κ1) is 20.5. The van der Waals surface area contributed by atoms with Crippen molar-refractivity contribution in [2.45, 2.75) is 96.5 Å². The van der Waals surface area contributed by atoms with E-state index in [1.54, 1.807) is 0 Å². The van der Waals surface area contributed by atoms with Crippen LogP contribution in [-0.2, 0) is 9.53 Å². The first-order valence-corrected chi connectivity index (χ1v) is 10.5. The molecule has 0 atom stereocenters. The highest BCUT2D eigenvalue weighted by atomic mass is 16.6. The molecule has 0 aliphatic heterocycles. The van der Waals surface area contributed by atoms with Crippen molar-refractivity contribution < 1.29 is 14.6 Å². The van der Waals surface area contributed by atoms with Gasteiger partial charge in [0, 0.05) is 0 Å². The molecule has 0 aromatic heterocycles. The SMILES string of the molecule is C=C(CO)C(=O)O[C@]1(C)CC[C@H](C2CCC(CCCCC)CC2)CC1. The number of unbranched alkanes of at least 4 members (excludes halogenated alkanes) is 2. The lowest BCUT2D eigenvalue weighted by atomic mass is 9.68. The Morgan fingerprint density at radius 2 is 1.68 bits per heavy atom. The normalized spacial score (nSPS) is 33.0. The quantitative estimate of drug-likeness (QED) is 0.361. The molecule has 2 saturated carbocycles. The highest BCUT2D eigenvalue weighted by Crippen LogP contribution is 2.44. The molecule has 0 amide bonds. The number of carbonyl (C=O) groups excluding carboxylic acids is 1. The smallest absolute Gasteiger partial charge is 0.336 e. The molecular formula is C22H38O3. The predicted octanol–water partition coefficient (Wildman–Crippen LogP) is 5.41. The zero-order chi connectivity index (χ0) is 18.3. The lowest BCUT2D eigenvalue weighted by Gasteiger charge is -2.41. The van der Waals surface area contributed by atoms with Gasteiger partial charge in [0.2, 0.25) is 0 Å². The molecule has 0 heterocycles. The van der Waals surface area contributed by atoms with Gasteiger partial charge in [0.25, 0.3) is 0 Å². The third-order valence-electron chi connectivity index (χ3n) is 6.68. The molecule has 2 rings (SSSR count). The summed E-state index contributed by atoms with van der Waals surface area (Å²) >= 11 is 0. The number of hydrogen-bond acceptors (Lipinski definition) is 3. The summed E-state index contributed by atoms with van der Waals surface area (Å²) in [6.07, 6.45) is 15.4. The third kappa shape index (κ3) is 6.13. The number of hydrogen-bond donors (Lipinski definition) is 1. The summed E-state index contributed by atoms with van der Waals surface area (Å²) in [6, 6.07) is 0. The van der Waals surface area contributed by atoms with E-state index < -0.39 is 5.97 Å². The second kappa shape index (κ2) is 9.75. The Hall–Kier alpha value is -0.830. The summed E-state index contributed by atoms with van der Waals surface area (Å²) in [6.45, 7) is 7.57. The molecule has 0 aromatic carbocycles. The molecular weight excluding hydrogens is 312 g/mol. The average Bonchev–Trinajstić information content (AvgIpc) is 2.62. The molecule has 1 N–H and O–H groups in total. The number of esters is 1. The van der Waals surface area contributed by atoms with E-state index in [4.69, 9.17) is 9.84 Å². The second-order valence-electron chi connectivity index (χ2n) is 8.72. The predicted molar refractivity (Wildman–Crippen MR) is 102 cm³/mol. The molecule has 0 unspecified atom stereocenters. The van der Waals surface area contributed by atoms with Crippen molar-refractivity contribution in [3.05, 3.63) is 12.2 Å². The second-order valence-corrected chi connectivity index (χ2v) is 8.72. The molecule has 3 nitrogen and oxygen atoms in total. The molecule has 0 radical (unpaired) electrons. The highest BCUT2D eigenvalue weighted by Gasteiger charge is 2.38. The topological polar surface area (TPSA) is 46.5 Å². The first-order chi connectivity index (χ1) is 12.0. The van der Waals surface area contributed by atoms with E-state index in [0.29, 0.717) is 0 Å². The Bertz CT molecular complexity index is 427. The van der Waals surface area contributed by atoms with Gasteiger partial charge in [-0.05, 0) is 63.2 Å². The summed E-state index contributed by atoms with van der Waals surface area (Å²) in [7, 11) is 0. The summed E-state index contributed by atoms with van der Waals surface area (Å²) in [5.41, 5.74) is -0.215. The molecule has 2 fully saturated rings. The van der Waals surface area contributed by atoms with Gasteiger partial charge in [-0.25, -0.2) is 4.79 Å². The summed E-state index contributed by atoms with van der Waals surface area (Å²) in [5, 5.41) is 9.02. The fraction of sp³-hybridized carbons (Fsp3) is 0.864. The van der Waals surface area contributed by atoms with Crippen LogP contribution in [0.4, 0.5) is 0 Å². The first-order valence-electron chi connectivity index (χ1n) is 10.5. The number of aliphatic hydroxyl groups excluding tert-OH is 1. The molecule has 0 spiro atoms. The van der Waals surface area contributed by atoms with Crippen LogP contribution in [0.2, 0.25) is 0 Å². The van der Waals surface area contributed by atoms with Crippen molar-refractivity contribution in [2.75, 3.05) is 6.61 Å². The molecule has 144 valence electrons. The van der Waals surface area contributed by atoms with E-state index in [1.807, 2.05) is 6.92 Å². The third-order valence-corrected chi connectivity index (χ3v) is 6.68. The zero-order valence-corrected chi connectivity index (χ0v) is 16.4. The van der Waals surface area contributed by atoms with E-state index in [2.05, 4.69) is 13.5 Å². The minimum Gasteiger partial charge on any atom is -0.456 e. The number of ether oxygens (including phenoxy) is 1. The van der Waals surface area contributed by atoms with Crippen LogP contribution in [0.1, 0.15) is 90.9 Å². The van der Waals surface area contributed by atoms with Crippen molar-refractivity contribution in [3.63, 3.8) is 0 Å². The monoisotopic (exact) mass is 350 g/mol. The Morgan fingerprint density at radius 1 is 1.08 bits per heavy atom. The van der Waals surface area contributed by atoms with Crippen LogP contribution in [0.25, 0.3) is 0 Å². The van der Waals surface area contributed by atoms with Gasteiger partial charge in [0.1, 0.15) is 5.60 Å². The van der Waals surface area contributed by atoms with Crippen LogP contribution in [0, 0.1) is 17.8 Å². The largest absolute Gasteiger partial charge is 0.456 e. The van der Waals surface area contributed by atoms with E-state index in [0.717, 1.165) is 30.6 Å². The van der Waals surface area contributed by atoms with Gasteiger partial charge >= 0.3 is 5.97 Å². The van der Waals surface area contributed by atoms with Crippen molar-refractivity contribution in [1.82, 2.24) is 0 Å². The maximum absolute atomic E-state index is 11.9. The van der Waals surface area contributed by atoms with Crippen LogP contribution in [-0.4, -0.2) is 23.3 Å². The highest BCUT2D eigenvalue weighted by molar-refractivity contribution is 5.88. The van der Waals surface area contributed by atoms with Crippen LogP contribution >= 0.6 is 0 Å². The maximum atomic E-state index is 11.9. The van der Waals surface area contributed by atoms with Gasteiger partial charge in [-0.3, -0.25) is 0 Å². The van der Waals surface area contributed by atoms with Crippen LogP contribution < -0.4 is 0 Å². The van der Waals surface area contributed by atoms with E-state index in [1.165, 1.54) is 64.2 Å². The van der Waals surface area contributed by atoms with Crippen LogP contribution in [0.5, 0.6) is 0 Å². The van der Waals surface area contributed by atoms with Gasteiger partial charge in [0.05, 0.1) is 12.2 Å². The Morgan fingerprint density at radius 3 is 2.24 bits per heavy atom. The summed E-state index contributed by atoms with van der Waals surface area (Å²) in [5.74, 6) is 2.23. The van der Waals surface area contributed by atoms with Crippen LogP contribution in [0.15, 0.2) is 12.2 Å². The lowest BCUT2D eigenvalue weighted by molar-refractivity contribution is -0.158. The molecule has 2 aliphatic carbocycles. The lowest BCUT2D eigenvalue weighted by Crippen LogP contribution is -2.38. The van der Waals surface area contributed by atoms with Crippen molar-refractivity contribution in [2.24, 2.45) is 17.8 Å². The van der Waals surface area contributed by atoms with Gasteiger partial charge in [-0.2, -0.15) is 0 Å². The molecule has 25 heavy (non-hydrogen) atoms. The van der Waals surface area contributed by atoms with Crippen molar-refractivity contribution >= 4 is 5.97 Å². The molecule has 2 aliphatic rings. The minimum atomic E-state index is -0.434. The summed E-state index contributed by atoms with van der Waals surface area (Å²) < 4.78 is 5.64. The molecule has 3 heteroatoms. The molecule has 0 saturated heterocycles. The standard InChI is InChI=1S/C22H38O3/c1-4-5-6-7-18-8-10-19(11-9-18)20-12-14-22(3,15-13-20)25-21(24)17(2)16-23/h18-20,23H,2,4-16H2,1,3H3/t18?,19?,20-,22+. The van der Waals surface area contributed by atoms with Gasteiger partial charge in [-0.1, -0.05) is 52.0 Å². The summed E-state index contributed by atoms with van der Waals surface area (Å²) in [4.78, 5) is 11.9. The average molecular weight is 351 g/mol. The minimum absolute atomic E-state index is 0.157. The van der Waals surface area contributed by atoms with Crippen LogP contribution in [0.3, 0.4) is 0 Å². The van der Waals surface area contributed by atoms with Gasteiger partial charge in [0.15, 0.2) is 0 Å². The van der Waals surface area contributed by atoms with E-state index in [-0.39, 0.29) is 17.8 Å². The Kier molecular flexibility index (Phi) is 7.99. The van der Waals surface area contributed by atoms with Crippen molar-refractivity contribution in [1.29, 1.82) is 0 Å². The maximum Gasteiger partial charge on any atom is 0.336 e. The molecule has 0 aromatic rings. The van der Waals surface area contributed by atoms with E-state index >= 15 is 0 Å². The fourth-order valence-electron chi connectivity index (χ4n) is 4.82.